The van der Waals surface area contributed by atoms with Crippen molar-refractivity contribution >= 4 is 11.8 Å². The van der Waals surface area contributed by atoms with Crippen LogP contribution in [0.5, 0.6) is 0 Å². The fraction of sp³-hybridized carbons (Fsp3) is 0.333. The summed E-state index contributed by atoms with van der Waals surface area (Å²) < 4.78 is 10.3. The summed E-state index contributed by atoms with van der Waals surface area (Å²) in [6.45, 7) is 2.28. The summed E-state index contributed by atoms with van der Waals surface area (Å²) in [5.74, 6) is 0.939. The quantitative estimate of drug-likeness (QED) is 0.661. The molecule has 2 aromatic heterocycles. The molecule has 0 bridgehead atoms. The molecule has 3 heterocycles. The average molecular weight is 394 g/mol. The Morgan fingerprint density at radius 1 is 1.00 bits per heavy atom. The van der Waals surface area contributed by atoms with E-state index in [4.69, 9.17) is 8.94 Å². The highest BCUT2D eigenvalue weighted by atomic mass is 16.5. The maximum atomic E-state index is 12.6. The summed E-state index contributed by atoms with van der Waals surface area (Å²) >= 11 is 0. The van der Waals surface area contributed by atoms with Crippen molar-refractivity contribution in [3.63, 3.8) is 0 Å². The molecule has 4 rings (SSSR count). The molecule has 2 amide bonds. The molecule has 1 aliphatic rings. The highest BCUT2D eigenvalue weighted by Gasteiger charge is 2.23. The average Bonchev–Trinajstić information content (AvgIpc) is 3.40. The third-order valence-electron chi connectivity index (χ3n) is 4.96. The number of hydrogen-bond acceptors (Lipinski definition) is 6. The molecule has 0 spiro atoms. The maximum absolute atomic E-state index is 12.6. The predicted octanol–water partition coefficient (Wildman–Crippen LogP) is 2.64. The first-order chi connectivity index (χ1) is 14.2. The number of carbonyl (C=O) groups is 2. The van der Waals surface area contributed by atoms with Crippen LogP contribution in [-0.2, 0) is 11.2 Å². The van der Waals surface area contributed by atoms with Crippen LogP contribution in [0.2, 0.25) is 0 Å². The zero-order valence-corrected chi connectivity index (χ0v) is 16.0. The highest BCUT2D eigenvalue weighted by molar-refractivity contribution is 5.93. The molecule has 1 fully saturated rings. The monoisotopic (exact) mass is 394 g/mol. The SMILES string of the molecule is O=C(CCc1nc(-c2ccccc2)no1)N1CCCN(C(=O)c2ccoc2)CC1. The minimum absolute atomic E-state index is 0.0297. The number of benzene rings is 1. The number of furan rings is 1. The minimum atomic E-state index is -0.0626. The number of hydrogen-bond donors (Lipinski definition) is 0. The van der Waals surface area contributed by atoms with E-state index in [0.717, 1.165) is 12.0 Å². The van der Waals surface area contributed by atoms with Crippen LogP contribution in [0, 0.1) is 0 Å². The van der Waals surface area contributed by atoms with E-state index < -0.39 is 0 Å². The standard InChI is InChI=1S/C21H22N4O4/c26-19(8-7-18-22-20(23-29-18)16-5-2-1-3-6-16)24-10-4-11-25(13-12-24)21(27)17-9-14-28-15-17/h1-3,5-6,9,14-15H,4,7-8,10-13H2. The maximum Gasteiger partial charge on any atom is 0.257 e. The van der Waals surface area contributed by atoms with Crippen LogP contribution in [0.3, 0.4) is 0 Å². The van der Waals surface area contributed by atoms with Gasteiger partial charge < -0.3 is 18.7 Å². The smallest absolute Gasteiger partial charge is 0.257 e. The van der Waals surface area contributed by atoms with Gasteiger partial charge in [0.2, 0.25) is 17.6 Å². The van der Waals surface area contributed by atoms with E-state index in [9.17, 15) is 9.59 Å². The van der Waals surface area contributed by atoms with Crippen molar-refractivity contribution in [2.45, 2.75) is 19.3 Å². The molecule has 8 nitrogen and oxygen atoms in total. The van der Waals surface area contributed by atoms with Crippen LogP contribution < -0.4 is 0 Å². The van der Waals surface area contributed by atoms with Crippen molar-refractivity contribution in [2.24, 2.45) is 0 Å². The Kier molecular flexibility index (Phi) is 5.69. The van der Waals surface area contributed by atoms with Crippen molar-refractivity contribution in [2.75, 3.05) is 26.2 Å². The molecular formula is C21H22N4O4. The summed E-state index contributed by atoms with van der Waals surface area (Å²) in [5, 5.41) is 3.98. The molecule has 1 aromatic carbocycles. The molecule has 150 valence electrons. The van der Waals surface area contributed by atoms with Crippen molar-refractivity contribution in [3.8, 4) is 11.4 Å². The lowest BCUT2D eigenvalue weighted by atomic mass is 10.2. The zero-order valence-electron chi connectivity index (χ0n) is 16.0. The molecule has 1 saturated heterocycles. The van der Waals surface area contributed by atoms with Gasteiger partial charge in [0.25, 0.3) is 5.91 Å². The molecule has 0 aliphatic carbocycles. The van der Waals surface area contributed by atoms with Crippen LogP contribution in [0.25, 0.3) is 11.4 Å². The van der Waals surface area contributed by atoms with Crippen molar-refractivity contribution in [1.29, 1.82) is 0 Å². The lowest BCUT2D eigenvalue weighted by Crippen LogP contribution is -2.37. The first kappa shape index (κ1) is 18.9. The zero-order chi connectivity index (χ0) is 20.1. The van der Waals surface area contributed by atoms with Gasteiger partial charge in [-0.25, -0.2) is 0 Å². The van der Waals surface area contributed by atoms with Gasteiger partial charge in [0.15, 0.2) is 0 Å². The second kappa shape index (κ2) is 8.72. The fourth-order valence-corrected chi connectivity index (χ4v) is 3.37. The first-order valence-corrected chi connectivity index (χ1v) is 9.68. The van der Waals surface area contributed by atoms with Crippen molar-refractivity contribution < 1.29 is 18.5 Å². The molecular weight excluding hydrogens is 372 g/mol. The number of aryl methyl sites for hydroxylation is 1. The van der Waals surface area contributed by atoms with Gasteiger partial charge in [-0.15, -0.1) is 0 Å². The lowest BCUT2D eigenvalue weighted by Gasteiger charge is -2.21. The molecule has 0 N–H and O–H groups in total. The Hall–Kier alpha value is -3.42. The predicted molar refractivity (Wildman–Crippen MR) is 104 cm³/mol. The number of nitrogens with zero attached hydrogens (tertiary/aromatic N) is 4. The van der Waals surface area contributed by atoms with E-state index in [2.05, 4.69) is 10.1 Å². The summed E-state index contributed by atoms with van der Waals surface area (Å²) in [6, 6.07) is 11.2. The van der Waals surface area contributed by atoms with E-state index in [-0.39, 0.29) is 11.8 Å². The van der Waals surface area contributed by atoms with Gasteiger partial charge in [-0.2, -0.15) is 4.98 Å². The van der Waals surface area contributed by atoms with E-state index in [0.29, 0.717) is 56.3 Å². The van der Waals surface area contributed by atoms with Gasteiger partial charge in [-0.3, -0.25) is 9.59 Å². The highest BCUT2D eigenvalue weighted by Crippen LogP contribution is 2.16. The molecule has 0 saturated carbocycles. The van der Waals surface area contributed by atoms with Crippen LogP contribution >= 0.6 is 0 Å². The normalized spacial score (nSPS) is 14.6. The Morgan fingerprint density at radius 3 is 2.59 bits per heavy atom. The summed E-state index contributed by atoms with van der Waals surface area (Å²) in [4.78, 5) is 33.0. The van der Waals surface area contributed by atoms with Gasteiger partial charge in [-0.1, -0.05) is 35.5 Å². The van der Waals surface area contributed by atoms with E-state index >= 15 is 0 Å². The molecule has 0 unspecified atom stereocenters. The molecule has 29 heavy (non-hydrogen) atoms. The van der Waals surface area contributed by atoms with Gasteiger partial charge >= 0.3 is 0 Å². The van der Waals surface area contributed by atoms with Gasteiger partial charge in [0.1, 0.15) is 6.26 Å². The molecule has 0 atom stereocenters. The summed E-state index contributed by atoms with van der Waals surface area (Å²) in [7, 11) is 0. The third kappa shape index (κ3) is 4.53. The topological polar surface area (TPSA) is 92.7 Å². The van der Waals surface area contributed by atoms with Crippen LogP contribution in [0.1, 0.15) is 29.1 Å². The van der Waals surface area contributed by atoms with Crippen LogP contribution in [0.4, 0.5) is 0 Å². The van der Waals surface area contributed by atoms with E-state index in [1.54, 1.807) is 15.9 Å². The second-order valence-electron chi connectivity index (χ2n) is 6.92. The third-order valence-corrected chi connectivity index (χ3v) is 4.96. The first-order valence-electron chi connectivity index (χ1n) is 9.68. The molecule has 3 aromatic rings. The number of carbonyl (C=O) groups excluding carboxylic acids is 2. The molecule has 0 radical (unpaired) electrons. The van der Waals surface area contributed by atoms with Crippen molar-refractivity contribution in [3.05, 3.63) is 60.4 Å². The lowest BCUT2D eigenvalue weighted by molar-refractivity contribution is -0.131. The Labute approximate surface area is 168 Å². The van der Waals surface area contributed by atoms with E-state index in [1.165, 1.54) is 12.5 Å². The Morgan fingerprint density at radius 2 is 1.79 bits per heavy atom. The van der Waals surface area contributed by atoms with Crippen LogP contribution in [0.15, 0.2) is 57.9 Å². The van der Waals surface area contributed by atoms with Crippen molar-refractivity contribution in [1.82, 2.24) is 19.9 Å². The minimum Gasteiger partial charge on any atom is -0.472 e. The Bertz CT molecular complexity index is 952. The largest absolute Gasteiger partial charge is 0.472 e. The van der Waals surface area contributed by atoms with Crippen LogP contribution in [-0.4, -0.2) is 57.9 Å². The fourth-order valence-electron chi connectivity index (χ4n) is 3.37. The second-order valence-corrected chi connectivity index (χ2v) is 6.92. The number of amides is 2. The number of aromatic nitrogens is 2. The molecule has 1 aliphatic heterocycles. The number of rotatable bonds is 5. The van der Waals surface area contributed by atoms with E-state index in [1.807, 2.05) is 30.3 Å². The van der Waals surface area contributed by atoms with Gasteiger partial charge in [0.05, 0.1) is 11.8 Å². The van der Waals surface area contributed by atoms with Gasteiger partial charge in [-0.05, 0) is 12.5 Å². The Balaban J connectivity index is 1.29. The summed E-state index contributed by atoms with van der Waals surface area (Å²) in [5.41, 5.74) is 1.42. The molecule has 8 heteroatoms. The summed E-state index contributed by atoms with van der Waals surface area (Å²) in [6.07, 6.45) is 4.37. The van der Waals surface area contributed by atoms with Gasteiger partial charge in [0, 0.05) is 44.6 Å².